The molecule has 0 fully saturated rings. The Kier molecular flexibility index (Phi) is 3.61. The second kappa shape index (κ2) is 5.21. The summed E-state index contributed by atoms with van der Waals surface area (Å²) in [5, 5.41) is 3.89. The van der Waals surface area contributed by atoms with E-state index < -0.39 is 0 Å². The van der Waals surface area contributed by atoms with Crippen molar-refractivity contribution in [3.05, 3.63) is 22.2 Å². The third-order valence-electron chi connectivity index (χ3n) is 3.87. The van der Waals surface area contributed by atoms with E-state index in [1.165, 1.54) is 21.8 Å². The van der Waals surface area contributed by atoms with Crippen LogP contribution in [0.2, 0.25) is 0 Å². The first-order valence-corrected chi connectivity index (χ1v) is 8.41. The molecule has 0 radical (unpaired) electrons. The zero-order valence-corrected chi connectivity index (χ0v) is 14.4. The average molecular weight is 319 g/mol. The van der Waals surface area contributed by atoms with E-state index in [1.54, 1.807) is 0 Å². The van der Waals surface area contributed by atoms with Gasteiger partial charge in [0.05, 0.1) is 25.0 Å². The lowest BCUT2D eigenvalue weighted by molar-refractivity contribution is -0.895. The number of hydrogen-bond acceptors (Lipinski definition) is 4. The van der Waals surface area contributed by atoms with Crippen molar-refractivity contribution in [2.75, 3.05) is 19.3 Å². The SMILES string of the molecule is C[NH+]1CCc2nc3sc(C(=O)NC(C)(C)C)c(N)c3cc2C1. The number of nitrogens with two attached hydrogens (primary N) is 1. The fourth-order valence-corrected chi connectivity index (χ4v) is 3.79. The second-order valence-corrected chi connectivity index (χ2v) is 8.13. The number of quaternary nitrogens is 1. The van der Waals surface area contributed by atoms with Gasteiger partial charge in [-0.05, 0) is 26.8 Å². The summed E-state index contributed by atoms with van der Waals surface area (Å²) in [6, 6.07) is 2.13. The van der Waals surface area contributed by atoms with Crippen LogP contribution in [-0.4, -0.2) is 30.0 Å². The Morgan fingerprint density at radius 3 is 2.86 bits per heavy atom. The van der Waals surface area contributed by atoms with Crippen molar-refractivity contribution in [3.63, 3.8) is 0 Å². The summed E-state index contributed by atoms with van der Waals surface area (Å²) < 4.78 is 0. The smallest absolute Gasteiger partial charge is 0.263 e. The lowest BCUT2D eigenvalue weighted by atomic mass is 10.0. The van der Waals surface area contributed by atoms with Gasteiger partial charge in [-0.25, -0.2) is 4.98 Å². The molecule has 1 aliphatic heterocycles. The van der Waals surface area contributed by atoms with Crippen molar-refractivity contribution in [2.24, 2.45) is 0 Å². The first-order valence-electron chi connectivity index (χ1n) is 7.59. The number of aromatic nitrogens is 1. The fraction of sp³-hybridized carbons (Fsp3) is 0.500. The zero-order chi connectivity index (χ0) is 16.1. The largest absolute Gasteiger partial charge is 0.397 e. The number of nitrogen functional groups attached to an aromatic ring is 1. The molecule has 1 unspecified atom stereocenters. The molecule has 1 aliphatic rings. The Morgan fingerprint density at radius 2 is 2.18 bits per heavy atom. The van der Waals surface area contributed by atoms with Gasteiger partial charge in [-0.3, -0.25) is 4.79 Å². The van der Waals surface area contributed by atoms with E-state index in [4.69, 9.17) is 10.7 Å². The van der Waals surface area contributed by atoms with Gasteiger partial charge in [-0.2, -0.15) is 0 Å². The van der Waals surface area contributed by atoms with Crippen LogP contribution in [0.15, 0.2) is 6.07 Å². The summed E-state index contributed by atoms with van der Waals surface area (Å²) >= 11 is 1.39. The normalized spacial score (nSPS) is 18.3. The number of nitrogens with one attached hydrogen (secondary N) is 2. The standard InChI is InChI=1S/C16H22N4OS/c1-16(2,3)19-14(21)13-12(17)10-7-9-8-20(4)6-5-11(9)18-15(10)22-13/h7H,5-6,8,17H2,1-4H3,(H,19,21)/p+1. The highest BCUT2D eigenvalue weighted by atomic mass is 32.1. The maximum absolute atomic E-state index is 12.4. The number of likely N-dealkylation sites (N-methyl/N-ethyl adjacent to an activating group) is 1. The first kappa shape index (κ1) is 15.2. The molecular weight excluding hydrogens is 296 g/mol. The summed E-state index contributed by atoms with van der Waals surface area (Å²) in [6.07, 6.45) is 0.985. The molecule has 0 saturated heterocycles. The monoisotopic (exact) mass is 319 g/mol. The molecule has 3 heterocycles. The Bertz CT molecular complexity index is 745. The van der Waals surface area contributed by atoms with E-state index in [1.807, 2.05) is 20.8 Å². The molecule has 2 aromatic heterocycles. The van der Waals surface area contributed by atoms with Crippen LogP contribution in [-0.2, 0) is 13.0 Å². The topological polar surface area (TPSA) is 72.5 Å². The number of pyridine rings is 1. The Balaban J connectivity index is 2.04. The number of amides is 1. The van der Waals surface area contributed by atoms with Crippen molar-refractivity contribution < 1.29 is 9.69 Å². The van der Waals surface area contributed by atoms with Gasteiger partial charge in [0.25, 0.3) is 5.91 Å². The van der Waals surface area contributed by atoms with Gasteiger partial charge in [-0.15, -0.1) is 11.3 Å². The molecule has 0 bridgehead atoms. The molecule has 0 saturated carbocycles. The lowest BCUT2D eigenvalue weighted by Gasteiger charge is -2.21. The number of carbonyl (C=O) groups is 1. The van der Waals surface area contributed by atoms with Gasteiger partial charge in [0, 0.05) is 22.9 Å². The number of nitrogens with zero attached hydrogens (tertiary/aromatic N) is 1. The predicted octanol–water partition coefficient (Wildman–Crippen LogP) is 0.978. The molecule has 0 aliphatic carbocycles. The minimum Gasteiger partial charge on any atom is -0.397 e. The van der Waals surface area contributed by atoms with E-state index in [2.05, 4.69) is 18.4 Å². The molecule has 118 valence electrons. The predicted molar refractivity (Wildman–Crippen MR) is 90.4 cm³/mol. The lowest BCUT2D eigenvalue weighted by Crippen LogP contribution is -3.08. The van der Waals surface area contributed by atoms with Gasteiger partial charge in [0.15, 0.2) is 0 Å². The molecule has 22 heavy (non-hydrogen) atoms. The number of anilines is 1. The summed E-state index contributed by atoms with van der Waals surface area (Å²) in [4.78, 5) is 20.1. The molecule has 0 aromatic carbocycles. The number of hydrogen-bond donors (Lipinski definition) is 3. The second-order valence-electron chi connectivity index (χ2n) is 7.13. The van der Waals surface area contributed by atoms with Gasteiger partial charge in [0.2, 0.25) is 0 Å². The maximum atomic E-state index is 12.4. The van der Waals surface area contributed by atoms with Gasteiger partial charge in [-0.1, -0.05) is 0 Å². The highest BCUT2D eigenvalue weighted by Gasteiger charge is 2.24. The average Bonchev–Trinajstić information content (AvgIpc) is 2.71. The van der Waals surface area contributed by atoms with Gasteiger partial charge in [0.1, 0.15) is 16.3 Å². The van der Waals surface area contributed by atoms with Crippen LogP contribution in [0.1, 0.15) is 41.7 Å². The summed E-state index contributed by atoms with van der Waals surface area (Å²) in [5.41, 5.74) is 8.91. The molecule has 1 atom stereocenters. The minimum absolute atomic E-state index is 0.117. The Morgan fingerprint density at radius 1 is 1.45 bits per heavy atom. The van der Waals surface area contributed by atoms with E-state index in [9.17, 15) is 4.79 Å². The number of thiophene rings is 1. The fourth-order valence-electron chi connectivity index (χ4n) is 2.80. The molecule has 3 rings (SSSR count). The van der Waals surface area contributed by atoms with Crippen molar-refractivity contribution in [1.82, 2.24) is 10.3 Å². The van der Waals surface area contributed by atoms with Crippen LogP contribution >= 0.6 is 11.3 Å². The van der Waals surface area contributed by atoms with Crippen molar-refractivity contribution in [3.8, 4) is 0 Å². The van der Waals surface area contributed by atoms with Crippen LogP contribution in [0.5, 0.6) is 0 Å². The molecule has 4 N–H and O–H groups in total. The maximum Gasteiger partial charge on any atom is 0.263 e. The quantitative estimate of drug-likeness (QED) is 0.734. The number of fused-ring (bicyclic) bond motifs is 2. The molecule has 1 amide bonds. The highest BCUT2D eigenvalue weighted by molar-refractivity contribution is 7.21. The Labute approximate surface area is 134 Å². The summed E-state index contributed by atoms with van der Waals surface area (Å²) in [6.45, 7) is 7.96. The van der Waals surface area contributed by atoms with Crippen LogP contribution in [0.4, 0.5) is 5.69 Å². The van der Waals surface area contributed by atoms with Crippen LogP contribution < -0.4 is 16.0 Å². The van der Waals surface area contributed by atoms with Crippen molar-refractivity contribution in [1.29, 1.82) is 0 Å². The Hall–Kier alpha value is -1.66. The highest BCUT2D eigenvalue weighted by Crippen LogP contribution is 2.34. The minimum atomic E-state index is -0.279. The molecular formula is C16H23N4OS+. The molecule has 0 spiro atoms. The van der Waals surface area contributed by atoms with Gasteiger partial charge >= 0.3 is 0 Å². The molecule has 5 nitrogen and oxygen atoms in total. The van der Waals surface area contributed by atoms with Crippen LogP contribution in [0.25, 0.3) is 10.2 Å². The zero-order valence-electron chi connectivity index (χ0n) is 13.5. The third kappa shape index (κ3) is 2.80. The number of rotatable bonds is 1. The van der Waals surface area contributed by atoms with Gasteiger partial charge < -0.3 is 16.0 Å². The van der Waals surface area contributed by atoms with E-state index in [0.29, 0.717) is 10.6 Å². The van der Waals surface area contributed by atoms with Crippen molar-refractivity contribution >= 4 is 33.1 Å². The van der Waals surface area contributed by atoms with Crippen LogP contribution in [0, 0.1) is 0 Å². The summed E-state index contributed by atoms with van der Waals surface area (Å²) in [7, 11) is 2.19. The first-order chi connectivity index (χ1) is 10.2. The molecule has 2 aromatic rings. The van der Waals surface area contributed by atoms with Crippen LogP contribution in [0.3, 0.4) is 0 Å². The number of carbonyl (C=O) groups excluding carboxylic acids is 1. The van der Waals surface area contributed by atoms with Crippen molar-refractivity contribution in [2.45, 2.75) is 39.3 Å². The summed E-state index contributed by atoms with van der Waals surface area (Å²) in [5.74, 6) is -0.117. The molecule has 6 heteroatoms. The third-order valence-corrected chi connectivity index (χ3v) is 4.98. The van der Waals surface area contributed by atoms with E-state index in [-0.39, 0.29) is 11.4 Å². The van der Waals surface area contributed by atoms with E-state index >= 15 is 0 Å². The van der Waals surface area contributed by atoms with E-state index in [0.717, 1.165) is 35.4 Å².